The van der Waals surface area contributed by atoms with Crippen molar-refractivity contribution >= 4 is 11.8 Å². The third kappa shape index (κ3) is 5.27. The zero-order valence-electron chi connectivity index (χ0n) is 13.5. The lowest BCUT2D eigenvalue weighted by molar-refractivity contribution is -0.149. The van der Waals surface area contributed by atoms with Gasteiger partial charge in [0.25, 0.3) is 0 Å². The van der Waals surface area contributed by atoms with Crippen molar-refractivity contribution in [2.24, 2.45) is 5.92 Å². The van der Waals surface area contributed by atoms with Gasteiger partial charge in [0.05, 0.1) is 7.11 Å². The zero-order chi connectivity index (χ0) is 16.7. The number of hydrogen-bond donors (Lipinski definition) is 1. The Labute approximate surface area is 136 Å². The molecule has 126 valence electrons. The second-order valence-corrected chi connectivity index (χ2v) is 5.97. The van der Waals surface area contributed by atoms with Crippen LogP contribution >= 0.6 is 0 Å². The molecule has 23 heavy (non-hydrogen) atoms. The Bertz CT molecular complexity index is 546. The summed E-state index contributed by atoms with van der Waals surface area (Å²) in [6.07, 6.45) is 5.84. The lowest BCUT2D eigenvalue weighted by Gasteiger charge is -2.19. The second kappa shape index (κ2) is 8.56. The summed E-state index contributed by atoms with van der Waals surface area (Å²) in [7, 11) is 1.48. The molecule has 0 bridgehead atoms. The maximum Gasteiger partial charge on any atom is 0.306 e. The van der Waals surface area contributed by atoms with Crippen LogP contribution in [-0.2, 0) is 20.7 Å². The summed E-state index contributed by atoms with van der Waals surface area (Å²) in [6, 6.07) is 5.01. The van der Waals surface area contributed by atoms with E-state index in [4.69, 9.17) is 9.47 Å². The van der Waals surface area contributed by atoms with Crippen LogP contribution in [0, 0.1) is 5.92 Å². The van der Waals surface area contributed by atoms with Crippen molar-refractivity contribution in [3.63, 3.8) is 0 Å². The number of ether oxygens (including phenoxy) is 2. The number of aromatic hydroxyl groups is 1. The summed E-state index contributed by atoms with van der Waals surface area (Å²) < 4.78 is 10.0. The van der Waals surface area contributed by atoms with Gasteiger partial charge in [-0.05, 0) is 37.0 Å². The van der Waals surface area contributed by atoms with Crippen molar-refractivity contribution < 1.29 is 24.2 Å². The summed E-state index contributed by atoms with van der Waals surface area (Å²) in [5.74, 6) is 0.167. The average molecular weight is 320 g/mol. The number of methoxy groups -OCH3 is 1. The molecule has 0 aromatic heterocycles. The quantitative estimate of drug-likeness (QED) is 0.782. The van der Waals surface area contributed by atoms with Gasteiger partial charge in [-0.15, -0.1) is 0 Å². The highest BCUT2D eigenvalue weighted by Gasteiger charge is 2.22. The monoisotopic (exact) mass is 320 g/mol. The summed E-state index contributed by atoms with van der Waals surface area (Å²) in [5.41, 5.74) is 0.818. The molecule has 0 spiro atoms. The van der Waals surface area contributed by atoms with Crippen LogP contribution in [-0.4, -0.2) is 30.6 Å². The highest BCUT2D eigenvalue weighted by atomic mass is 16.5. The van der Waals surface area contributed by atoms with Gasteiger partial charge in [0.2, 0.25) is 0 Å². The molecule has 1 aliphatic rings. The summed E-state index contributed by atoms with van der Waals surface area (Å²) in [4.78, 5) is 23.7. The number of carbonyl (C=O) groups is 2. The van der Waals surface area contributed by atoms with E-state index in [0.717, 1.165) is 31.2 Å². The average Bonchev–Trinajstić information content (AvgIpc) is 2.58. The van der Waals surface area contributed by atoms with E-state index in [-0.39, 0.29) is 36.4 Å². The number of aryl methyl sites for hydroxylation is 1. The molecule has 0 saturated heterocycles. The number of Topliss-reactive ketones (excluding diaryl/α,β-unsaturated/α-hetero) is 1. The van der Waals surface area contributed by atoms with Crippen molar-refractivity contribution in [2.75, 3.05) is 13.7 Å². The van der Waals surface area contributed by atoms with Gasteiger partial charge in [0, 0.05) is 12.3 Å². The molecule has 2 rings (SSSR count). The van der Waals surface area contributed by atoms with Crippen LogP contribution in [0.15, 0.2) is 18.2 Å². The lowest BCUT2D eigenvalue weighted by Crippen LogP contribution is -2.24. The Morgan fingerprint density at radius 2 is 1.96 bits per heavy atom. The number of phenolic OH excluding ortho intramolecular Hbond substituents is 1. The number of esters is 1. The van der Waals surface area contributed by atoms with Gasteiger partial charge in [0.1, 0.15) is 6.61 Å². The maximum absolute atomic E-state index is 12.0. The van der Waals surface area contributed by atoms with Gasteiger partial charge >= 0.3 is 5.97 Å². The molecule has 1 aromatic carbocycles. The van der Waals surface area contributed by atoms with Crippen LogP contribution in [0.2, 0.25) is 0 Å². The van der Waals surface area contributed by atoms with E-state index in [1.165, 1.54) is 13.5 Å². The third-order valence-corrected chi connectivity index (χ3v) is 4.30. The molecule has 0 unspecified atom stereocenters. The molecule has 1 fully saturated rings. The third-order valence-electron chi connectivity index (χ3n) is 4.30. The number of rotatable bonds is 7. The van der Waals surface area contributed by atoms with Crippen LogP contribution < -0.4 is 4.74 Å². The molecule has 1 aromatic rings. The van der Waals surface area contributed by atoms with Crippen molar-refractivity contribution in [2.45, 2.75) is 44.9 Å². The molecule has 1 N–H and O–H groups in total. The first-order valence-corrected chi connectivity index (χ1v) is 8.14. The van der Waals surface area contributed by atoms with E-state index in [9.17, 15) is 14.7 Å². The fraction of sp³-hybridized carbons (Fsp3) is 0.556. The number of hydrogen-bond acceptors (Lipinski definition) is 5. The van der Waals surface area contributed by atoms with Gasteiger partial charge in [-0.1, -0.05) is 25.3 Å². The van der Waals surface area contributed by atoms with Crippen molar-refractivity contribution in [1.82, 2.24) is 0 Å². The Kier molecular flexibility index (Phi) is 6.44. The van der Waals surface area contributed by atoms with E-state index in [1.54, 1.807) is 18.2 Å². The van der Waals surface area contributed by atoms with Crippen molar-refractivity contribution in [3.05, 3.63) is 23.8 Å². The highest BCUT2D eigenvalue weighted by molar-refractivity contribution is 5.84. The largest absolute Gasteiger partial charge is 0.504 e. The Morgan fingerprint density at radius 1 is 1.22 bits per heavy atom. The van der Waals surface area contributed by atoms with Gasteiger partial charge in [-0.3, -0.25) is 9.59 Å². The number of benzene rings is 1. The molecular formula is C18H24O5. The Morgan fingerprint density at radius 3 is 2.61 bits per heavy atom. The van der Waals surface area contributed by atoms with Crippen LogP contribution in [0.3, 0.4) is 0 Å². The Hall–Kier alpha value is -2.04. The molecule has 1 saturated carbocycles. The molecule has 5 heteroatoms. The zero-order valence-corrected chi connectivity index (χ0v) is 13.5. The minimum atomic E-state index is -0.385. The summed E-state index contributed by atoms with van der Waals surface area (Å²) in [5, 5.41) is 9.69. The minimum Gasteiger partial charge on any atom is -0.504 e. The first-order chi connectivity index (χ1) is 11.1. The van der Waals surface area contributed by atoms with E-state index < -0.39 is 0 Å². The molecule has 0 heterocycles. The van der Waals surface area contributed by atoms with Crippen molar-refractivity contribution in [3.8, 4) is 11.5 Å². The number of phenols is 1. The van der Waals surface area contributed by atoms with Crippen LogP contribution in [0.5, 0.6) is 11.5 Å². The number of ketones is 1. The van der Waals surface area contributed by atoms with Gasteiger partial charge < -0.3 is 14.6 Å². The molecule has 0 radical (unpaired) electrons. The minimum absolute atomic E-state index is 0.0418. The summed E-state index contributed by atoms with van der Waals surface area (Å²) >= 11 is 0. The highest BCUT2D eigenvalue weighted by Crippen LogP contribution is 2.27. The molecule has 1 aliphatic carbocycles. The molecule has 0 amide bonds. The standard InChI is InChI=1S/C18H24O5/c1-22-17-9-7-13(11-15(17)19)8-10-18(21)23-12-16(20)14-5-3-2-4-6-14/h7,9,11,14,19H,2-6,8,10,12H2,1H3. The maximum atomic E-state index is 12.0. The molecule has 0 atom stereocenters. The van der Waals surface area contributed by atoms with E-state index in [1.807, 2.05) is 0 Å². The first-order valence-electron chi connectivity index (χ1n) is 8.14. The smallest absolute Gasteiger partial charge is 0.306 e. The fourth-order valence-corrected chi connectivity index (χ4v) is 2.90. The normalized spacial score (nSPS) is 15.2. The van der Waals surface area contributed by atoms with E-state index in [0.29, 0.717) is 12.2 Å². The van der Waals surface area contributed by atoms with Gasteiger partial charge in [-0.25, -0.2) is 0 Å². The van der Waals surface area contributed by atoms with E-state index in [2.05, 4.69) is 0 Å². The van der Waals surface area contributed by atoms with Crippen LogP contribution in [0.25, 0.3) is 0 Å². The number of carbonyl (C=O) groups excluding carboxylic acids is 2. The van der Waals surface area contributed by atoms with Crippen molar-refractivity contribution in [1.29, 1.82) is 0 Å². The predicted octanol–water partition coefficient (Wildman–Crippen LogP) is 3.03. The summed E-state index contributed by atoms with van der Waals surface area (Å²) in [6.45, 7) is -0.114. The second-order valence-electron chi connectivity index (χ2n) is 5.97. The van der Waals surface area contributed by atoms with Gasteiger partial charge in [0.15, 0.2) is 17.3 Å². The Balaban J connectivity index is 1.72. The lowest BCUT2D eigenvalue weighted by atomic mass is 9.86. The molecular weight excluding hydrogens is 296 g/mol. The first kappa shape index (κ1) is 17.3. The molecule has 5 nitrogen and oxygen atoms in total. The SMILES string of the molecule is COc1ccc(CCC(=O)OCC(=O)C2CCCCC2)cc1O. The van der Waals surface area contributed by atoms with Gasteiger partial charge in [-0.2, -0.15) is 0 Å². The topological polar surface area (TPSA) is 72.8 Å². The molecule has 0 aliphatic heterocycles. The van der Waals surface area contributed by atoms with Crippen LogP contribution in [0.4, 0.5) is 0 Å². The predicted molar refractivity (Wildman–Crippen MR) is 85.5 cm³/mol. The van der Waals surface area contributed by atoms with Crippen LogP contribution in [0.1, 0.15) is 44.1 Å². The fourth-order valence-electron chi connectivity index (χ4n) is 2.90. The van der Waals surface area contributed by atoms with E-state index >= 15 is 0 Å².